The topological polar surface area (TPSA) is 66.5 Å². The van der Waals surface area contributed by atoms with Crippen molar-refractivity contribution < 1.29 is 14.4 Å². The third-order valence-corrected chi connectivity index (χ3v) is 3.02. The molecule has 0 unspecified atom stereocenters. The monoisotopic (exact) mass is 290 g/mol. The van der Waals surface area contributed by atoms with Gasteiger partial charge in [0.05, 0.1) is 0 Å². The van der Waals surface area contributed by atoms with Gasteiger partial charge in [-0.3, -0.25) is 14.4 Å². The van der Waals surface area contributed by atoms with Crippen molar-refractivity contribution >= 4 is 23.3 Å². The van der Waals surface area contributed by atoms with E-state index in [1.165, 1.54) is 6.92 Å². The Morgan fingerprint density at radius 1 is 1.00 bits per heavy atom. The van der Waals surface area contributed by atoms with E-state index in [0.717, 1.165) is 12.8 Å². The first-order chi connectivity index (χ1) is 9.99. The normalized spacial score (nSPS) is 10.0. The Bertz CT molecular complexity index is 503. The summed E-state index contributed by atoms with van der Waals surface area (Å²) >= 11 is 0. The molecule has 0 heterocycles. The van der Waals surface area contributed by atoms with Crippen LogP contribution in [0, 0.1) is 0 Å². The van der Waals surface area contributed by atoms with Crippen LogP contribution in [-0.2, 0) is 9.59 Å². The second-order valence-electron chi connectivity index (χ2n) is 4.88. The van der Waals surface area contributed by atoms with Gasteiger partial charge >= 0.3 is 11.8 Å². The van der Waals surface area contributed by atoms with E-state index in [1.54, 1.807) is 29.2 Å². The smallest absolute Gasteiger partial charge is 0.313 e. The molecular formula is C16H22N2O3. The SMILES string of the molecule is CCCN(CCC)C(=O)C(=O)Nc1ccc(C(C)=O)cc1. The Kier molecular flexibility index (Phi) is 6.59. The minimum Gasteiger partial charge on any atom is -0.334 e. The number of rotatable bonds is 6. The molecule has 0 radical (unpaired) electrons. The zero-order valence-electron chi connectivity index (χ0n) is 12.8. The predicted octanol–water partition coefficient (Wildman–Crippen LogP) is 2.48. The molecule has 0 bridgehead atoms. The second kappa shape index (κ2) is 8.19. The van der Waals surface area contributed by atoms with Gasteiger partial charge in [-0.15, -0.1) is 0 Å². The number of ketones is 1. The first-order valence-corrected chi connectivity index (χ1v) is 7.20. The van der Waals surface area contributed by atoms with Crippen molar-refractivity contribution in [2.45, 2.75) is 33.6 Å². The lowest BCUT2D eigenvalue weighted by molar-refractivity contribution is -0.143. The van der Waals surface area contributed by atoms with Gasteiger partial charge in [-0.2, -0.15) is 0 Å². The fourth-order valence-electron chi connectivity index (χ4n) is 1.97. The highest BCUT2D eigenvalue weighted by Gasteiger charge is 2.20. The van der Waals surface area contributed by atoms with Crippen LogP contribution >= 0.6 is 0 Å². The van der Waals surface area contributed by atoms with Crippen LogP contribution in [0.15, 0.2) is 24.3 Å². The van der Waals surface area contributed by atoms with Crippen LogP contribution in [0.5, 0.6) is 0 Å². The van der Waals surface area contributed by atoms with Crippen LogP contribution in [-0.4, -0.2) is 35.6 Å². The summed E-state index contributed by atoms with van der Waals surface area (Å²) in [6.07, 6.45) is 1.62. The van der Waals surface area contributed by atoms with Gasteiger partial charge in [0.2, 0.25) is 0 Å². The number of hydrogen-bond acceptors (Lipinski definition) is 3. The lowest BCUT2D eigenvalue weighted by Crippen LogP contribution is -2.40. The molecule has 1 aromatic rings. The van der Waals surface area contributed by atoms with Crippen LogP contribution in [0.3, 0.4) is 0 Å². The average molecular weight is 290 g/mol. The van der Waals surface area contributed by atoms with Crippen molar-refractivity contribution in [2.75, 3.05) is 18.4 Å². The average Bonchev–Trinajstić information content (AvgIpc) is 2.46. The van der Waals surface area contributed by atoms with Crippen LogP contribution in [0.1, 0.15) is 44.0 Å². The zero-order valence-corrected chi connectivity index (χ0v) is 12.8. The molecule has 2 amide bonds. The molecular weight excluding hydrogens is 268 g/mol. The van der Waals surface area contributed by atoms with Crippen LogP contribution in [0.25, 0.3) is 0 Å². The van der Waals surface area contributed by atoms with E-state index in [0.29, 0.717) is 24.3 Å². The maximum atomic E-state index is 12.1. The van der Waals surface area contributed by atoms with E-state index in [2.05, 4.69) is 5.32 Å². The van der Waals surface area contributed by atoms with Crippen molar-refractivity contribution in [3.8, 4) is 0 Å². The summed E-state index contributed by atoms with van der Waals surface area (Å²) in [5.41, 5.74) is 1.07. The molecule has 0 atom stereocenters. The van der Waals surface area contributed by atoms with Crippen molar-refractivity contribution in [1.82, 2.24) is 4.90 Å². The summed E-state index contributed by atoms with van der Waals surface area (Å²) in [4.78, 5) is 36.7. The molecule has 114 valence electrons. The van der Waals surface area contributed by atoms with E-state index in [4.69, 9.17) is 0 Å². The van der Waals surface area contributed by atoms with E-state index < -0.39 is 11.8 Å². The van der Waals surface area contributed by atoms with Crippen LogP contribution in [0.2, 0.25) is 0 Å². The molecule has 0 aromatic heterocycles. The van der Waals surface area contributed by atoms with E-state index in [9.17, 15) is 14.4 Å². The first-order valence-electron chi connectivity index (χ1n) is 7.20. The van der Waals surface area contributed by atoms with Gasteiger partial charge in [-0.1, -0.05) is 13.8 Å². The van der Waals surface area contributed by atoms with Gasteiger partial charge in [0.25, 0.3) is 0 Å². The minimum atomic E-state index is -0.646. The first kappa shape index (κ1) is 16.9. The van der Waals surface area contributed by atoms with E-state index in [-0.39, 0.29) is 5.78 Å². The maximum Gasteiger partial charge on any atom is 0.313 e. The molecule has 0 saturated heterocycles. The highest BCUT2D eigenvalue weighted by Crippen LogP contribution is 2.10. The number of hydrogen-bond donors (Lipinski definition) is 1. The summed E-state index contributed by atoms with van der Waals surface area (Å²) < 4.78 is 0. The number of benzene rings is 1. The summed E-state index contributed by atoms with van der Waals surface area (Å²) in [7, 11) is 0. The number of Topliss-reactive ketones (excluding diaryl/α,β-unsaturated/α-hetero) is 1. The van der Waals surface area contributed by atoms with Gasteiger partial charge in [0.1, 0.15) is 0 Å². The summed E-state index contributed by atoms with van der Waals surface area (Å²) in [6.45, 7) is 6.56. The van der Waals surface area contributed by atoms with E-state index >= 15 is 0 Å². The van der Waals surface area contributed by atoms with Crippen molar-refractivity contribution in [3.05, 3.63) is 29.8 Å². The van der Waals surface area contributed by atoms with Crippen molar-refractivity contribution in [3.63, 3.8) is 0 Å². The zero-order chi connectivity index (χ0) is 15.8. The molecule has 0 saturated carbocycles. The van der Waals surface area contributed by atoms with Gasteiger partial charge in [0, 0.05) is 24.3 Å². The van der Waals surface area contributed by atoms with Crippen LogP contribution < -0.4 is 5.32 Å². The molecule has 0 aliphatic carbocycles. The Balaban J connectivity index is 2.70. The molecule has 0 aliphatic rings. The van der Waals surface area contributed by atoms with E-state index in [1.807, 2.05) is 13.8 Å². The number of nitrogens with zero attached hydrogens (tertiary/aromatic N) is 1. The molecule has 0 fully saturated rings. The molecule has 21 heavy (non-hydrogen) atoms. The van der Waals surface area contributed by atoms with Gasteiger partial charge in [-0.25, -0.2) is 0 Å². The van der Waals surface area contributed by atoms with Gasteiger partial charge < -0.3 is 10.2 Å². The van der Waals surface area contributed by atoms with Crippen molar-refractivity contribution in [1.29, 1.82) is 0 Å². The summed E-state index contributed by atoms with van der Waals surface area (Å²) in [5, 5.41) is 2.56. The largest absolute Gasteiger partial charge is 0.334 e. The molecule has 0 aliphatic heterocycles. The highest BCUT2D eigenvalue weighted by molar-refractivity contribution is 6.39. The highest BCUT2D eigenvalue weighted by atomic mass is 16.2. The number of carbonyl (C=O) groups is 3. The third-order valence-electron chi connectivity index (χ3n) is 3.02. The number of nitrogens with one attached hydrogen (secondary N) is 1. The predicted molar refractivity (Wildman–Crippen MR) is 82.2 cm³/mol. The quantitative estimate of drug-likeness (QED) is 0.646. The molecule has 5 heteroatoms. The van der Waals surface area contributed by atoms with Gasteiger partial charge in [0.15, 0.2) is 5.78 Å². The number of carbonyl (C=O) groups excluding carboxylic acids is 3. The lowest BCUT2D eigenvalue weighted by Gasteiger charge is -2.20. The Hall–Kier alpha value is -2.17. The standard InChI is InChI=1S/C16H22N2O3/c1-4-10-18(11-5-2)16(21)15(20)17-14-8-6-13(7-9-14)12(3)19/h6-9H,4-5,10-11H2,1-3H3,(H,17,20). The summed E-state index contributed by atoms with van der Waals surface area (Å²) in [5.74, 6) is -1.21. The molecule has 5 nitrogen and oxygen atoms in total. The second-order valence-corrected chi connectivity index (χ2v) is 4.88. The van der Waals surface area contributed by atoms with Crippen LogP contribution in [0.4, 0.5) is 5.69 Å². The molecule has 1 N–H and O–H groups in total. The maximum absolute atomic E-state index is 12.1. The lowest BCUT2D eigenvalue weighted by atomic mass is 10.1. The Morgan fingerprint density at radius 2 is 1.52 bits per heavy atom. The Morgan fingerprint density at radius 3 is 1.95 bits per heavy atom. The molecule has 1 aromatic carbocycles. The number of amides is 2. The fourth-order valence-corrected chi connectivity index (χ4v) is 1.97. The molecule has 0 spiro atoms. The fraction of sp³-hybridized carbons (Fsp3) is 0.438. The van der Waals surface area contributed by atoms with Crippen molar-refractivity contribution in [2.24, 2.45) is 0 Å². The number of anilines is 1. The third kappa shape index (κ3) is 5.02. The minimum absolute atomic E-state index is 0.0407. The summed E-state index contributed by atoms with van der Waals surface area (Å²) in [6, 6.07) is 6.48. The Labute approximate surface area is 125 Å². The van der Waals surface area contributed by atoms with Gasteiger partial charge in [-0.05, 0) is 44.0 Å². The molecule has 1 rings (SSSR count).